The molecule has 1 aromatic rings. The number of benzene rings is 1. The summed E-state index contributed by atoms with van der Waals surface area (Å²) in [6.45, 7) is 1.60. The van der Waals surface area contributed by atoms with E-state index < -0.39 is 0 Å². The molecule has 0 radical (unpaired) electrons. The normalized spacial score (nSPS) is 14.1. The first-order valence-corrected chi connectivity index (χ1v) is 5.25. The zero-order valence-corrected chi connectivity index (χ0v) is 9.50. The van der Waals surface area contributed by atoms with Crippen molar-refractivity contribution in [2.75, 3.05) is 20.8 Å². The summed E-state index contributed by atoms with van der Waals surface area (Å²) in [5.74, 6) is 0.562. The van der Waals surface area contributed by atoms with Crippen LogP contribution in [0.1, 0.15) is 21.5 Å². The quantitative estimate of drug-likeness (QED) is 0.760. The van der Waals surface area contributed by atoms with Gasteiger partial charge in [0.25, 0.3) is 0 Å². The zero-order chi connectivity index (χ0) is 11.5. The Balaban J connectivity index is 2.52. The lowest BCUT2D eigenvalue weighted by molar-refractivity contribution is 0.0599. The molecule has 16 heavy (non-hydrogen) atoms. The molecule has 0 amide bonds. The Hall–Kier alpha value is -1.55. The Labute approximate surface area is 94.6 Å². The molecule has 0 unspecified atom stereocenters. The Morgan fingerprint density at radius 3 is 2.81 bits per heavy atom. The number of carbonyl (C=O) groups excluding carboxylic acids is 1. The highest BCUT2D eigenvalue weighted by atomic mass is 16.5. The fourth-order valence-electron chi connectivity index (χ4n) is 2.07. The predicted octanol–water partition coefficient (Wildman–Crippen LogP) is 1.13. The highest BCUT2D eigenvalue weighted by molar-refractivity contribution is 5.91. The highest BCUT2D eigenvalue weighted by Gasteiger charge is 2.21. The minimum absolute atomic E-state index is 0.289. The summed E-state index contributed by atoms with van der Waals surface area (Å²) in [4.78, 5) is 11.6. The number of methoxy groups -OCH3 is 2. The van der Waals surface area contributed by atoms with Crippen molar-refractivity contribution in [2.45, 2.75) is 13.0 Å². The second-order valence-electron chi connectivity index (χ2n) is 3.69. The third kappa shape index (κ3) is 1.76. The molecule has 0 spiro atoms. The maximum atomic E-state index is 11.6. The van der Waals surface area contributed by atoms with Gasteiger partial charge < -0.3 is 14.8 Å². The van der Waals surface area contributed by atoms with Crippen LogP contribution in [0.3, 0.4) is 0 Å². The van der Waals surface area contributed by atoms with E-state index in [1.807, 2.05) is 6.07 Å². The lowest BCUT2D eigenvalue weighted by Crippen LogP contribution is -2.26. The van der Waals surface area contributed by atoms with Crippen molar-refractivity contribution in [2.24, 2.45) is 0 Å². The van der Waals surface area contributed by atoms with Gasteiger partial charge in [0.2, 0.25) is 0 Å². The summed E-state index contributed by atoms with van der Waals surface area (Å²) in [5, 5.41) is 3.25. The first-order valence-electron chi connectivity index (χ1n) is 5.25. The summed E-state index contributed by atoms with van der Waals surface area (Å²) in [6, 6.07) is 3.59. The van der Waals surface area contributed by atoms with Crippen LogP contribution in [-0.2, 0) is 17.7 Å². The molecular formula is C12H15NO3. The average molecular weight is 221 g/mol. The number of hydrogen-bond donors (Lipinski definition) is 1. The second kappa shape index (κ2) is 4.53. The number of hydrogen-bond acceptors (Lipinski definition) is 4. The number of carbonyl (C=O) groups is 1. The first kappa shape index (κ1) is 11.0. The smallest absolute Gasteiger partial charge is 0.338 e. The van der Waals surface area contributed by atoms with Crippen molar-refractivity contribution in [3.8, 4) is 5.75 Å². The Morgan fingerprint density at radius 2 is 2.12 bits per heavy atom. The average Bonchev–Trinajstić information content (AvgIpc) is 2.36. The summed E-state index contributed by atoms with van der Waals surface area (Å²) < 4.78 is 10.1. The third-order valence-corrected chi connectivity index (χ3v) is 2.87. The molecule has 0 saturated carbocycles. The number of ether oxygens (including phenoxy) is 2. The summed E-state index contributed by atoms with van der Waals surface area (Å²) >= 11 is 0. The van der Waals surface area contributed by atoms with Gasteiger partial charge in [-0.15, -0.1) is 0 Å². The number of esters is 1. The molecule has 0 aromatic heterocycles. The van der Waals surface area contributed by atoms with Crippen molar-refractivity contribution in [1.29, 1.82) is 0 Å². The van der Waals surface area contributed by atoms with E-state index >= 15 is 0 Å². The minimum Gasteiger partial charge on any atom is -0.496 e. The molecule has 2 rings (SSSR count). The Morgan fingerprint density at radius 1 is 1.31 bits per heavy atom. The second-order valence-corrected chi connectivity index (χ2v) is 3.69. The van der Waals surface area contributed by atoms with Gasteiger partial charge in [-0.3, -0.25) is 0 Å². The third-order valence-electron chi connectivity index (χ3n) is 2.87. The molecule has 1 aromatic carbocycles. The van der Waals surface area contributed by atoms with Gasteiger partial charge in [-0.05, 0) is 30.7 Å². The van der Waals surface area contributed by atoms with E-state index in [4.69, 9.17) is 9.47 Å². The van der Waals surface area contributed by atoms with Crippen LogP contribution in [0.5, 0.6) is 5.75 Å². The number of nitrogens with one attached hydrogen (secondary N) is 1. The maximum absolute atomic E-state index is 11.6. The van der Waals surface area contributed by atoms with Crippen molar-refractivity contribution in [3.63, 3.8) is 0 Å². The van der Waals surface area contributed by atoms with Crippen molar-refractivity contribution in [3.05, 3.63) is 28.8 Å². The van der Waals surface area contributed by atoms with E-state index in [-0.39, 0.29) is 5.97 Å². The van der Waals surface area contributed by atoms with E-state index in [1.54, 1.807) is 13.2 Å². The summed E-state index contributed by atoms with van der Waals surface area (Å²) in [6.07, 6.45) is 0.878. The summed E-state index contributed by atoms with van der Waals surface area (Å²) in [5.41, 5.74) is 2.74. The van der Waals surface area contributed by atoms with Gasteiger partial charge >= 0.3 is 5.97 Å². The fraction of sp³-hybridized carbons (Fsp3) is 0.417. The van der Waals surface area contributed by atoms with Crippen LogP contribution >= 0.6 is 0 Å². The van der Waals surface area contributed by atoms with Gasteiger partial charge in [-0.2, -0.15) is 0 Å². The lowest BCUT2D eigenvalue weighted by Gasteiger charge is -2.21. The van der Waals surface area contributed by atoms with Crippen LogP contribution in [0.25, 0.3) is 0 Å². The molecule has 0 fully saturated rings. The van der Waals surface area contributed by atoms with Crippen molar-refractivity contribution < 1.29 is 14.3 Å². The summed E-state index contributed by atoms with van der Waals surface area (Å²) in [7, 11) is 3.05. The fourth-order valence-corrected chi connectivity index (χ4v) is 2.07. The SMILES string of the molecule is COC(=O)c1ccc(OC)c2c1CNCC2. The zero-order valence-electron chi connectivity index (χ0n) is 9.50. The van der Waals surface area contributed by atoms with Gasteiger partial charge in [-0.1, -0.05) is 0 Å². The molecule has 0 atom stereocenters. The predicted molar refractivity (Wildman–Crippen MR) is 59.7 cm³/mol. The van der Waals surface area contributed by atoms with Gasteiger partial charge in [-0.25, -0.2) is 4.79 Å². The molecule has 1 heterocycles. The van der Waals surface area contributed by atoms with E-state index in [1.165, 1.54) is 7.11 Å². The Bertz CT molecular complexity index is 415. The molecule has 86 valence electrons. The topological polar surface area (TPSA) is 47.6 Å². The molecular weight excluding hydrogens is 206 g/mol. The van der Waals surface area contributed by atoms with Crippen LogP contribution in [0.4, 0.5) is 0 Å². The van der Waals surface area contributed by atoms with Crippen LogP contribution in [0.2, 0.25) is 0 Å². The monoisotopic (exact) mass is 221 g/mol. The van der Waals surface area contributed by atoms with E-state index in [0.717, 1.165) is 29.8 Å². The molecule has 4 heteroatoms. The number of rotatable bonds is 2. The minimum atomic E-state index is -0.289. The van der Waals surface area contributed by atoms with Gasteiger partial charge in [0.05, 0.1) is 19.8 Å². The van der Waals surface area contributed by atoms with Crippen LogP contribution in [0.15, 0.2) is 12.1 Å². The van der Waals surface area contributed by atoms with Crippen LogP contribution < -0.4 is 10.1 Å². The maximum Gasteiger partial charge on any atom is 0.338 e. The molecule has 1 aliphatic heterocycles. The molecule has 4 nitrogen and oxygen atoms in total. The van der Waals surface area contributed by atoms with Gasteiger partial charge in [0, 0.05) is 12.1 Å². The molecule has 0 saturated heterocycles. The Kier molecular flexibility index (Phi) is 3.10. The van der Waals surface area contributed by atoms with E-state index in [0.29, 0.717) is 12.1 Å². The van der Waals surface area contributed by atoms with Crippen molar-refractivity contribution in [1.82, 2.24) is 5.32 Å². The van der Waals surface area contributed by atoms with Gasteiger partial charge in [0.1, 0.15) is 5.75 Å². The molecule has 0 bridgehead atoms. The standard InChI is InChI=1S/C12H15NO3/c1-15-11-4-3-9(12(14)16-2)10-7-13-6-5-8(10)11/h3-4,13H,5-7H2,1-2H3. The molecule has 1 N–H and O–H groups in total. The first-order chi connectivity index (χ1) is 7.77. The number of fused-ring (bicyclic) bond motifs is 1. The molecule has 1 aliphatic rings. The highest BCUT2D eigenvalue weighted by Crippen LogP contribution is 2.28. The van der Waals surface area contributed by atoms with Crippen LogP contribution in [-0.4, -0.2) is 26.7 Å². The van der Waals surface area contributed by atoms with E-state index in [9.17, 15) is 4.79 Å². The van der Waals surface area contributed by atoms with Gasteiger partial charge in [0.15, 0.2) is 0 Å². The molecule has 0 aliphatic carbocycles. The van der Waals surface area contributed by atoms with Crippen LogP contribution in [0, 0.1) is 0 Å². The van der Waals surface area contributed by atoms with Crippen molar-refractivity contribution >= 4 is 5.97 Å². The largest absolute Gasteiger partial charge is 0.496 e. The lowest BCUT2D eigenvalue weighted by atomic mass is 9.95. The van der Waals surface area contributed by atoms with E-state index in [2.05, 4.69) is 5.32 Å².